The third-order valence-electron chi connectivity index (χ3n) is 17.4. The van der Waals surface area contributed by atoms with Gasteiger partial charge in [0.1, 0.15) is 42.7 Å². The zero-order valence-corrected chi connectivity index (χ0v) is 33.9. The minimum absolute atomic E-state index is 0.0190. The van der Waals surface area contributed by atoms with Crippen molar-refractivity contribution in [2.24, 2.45) is 56.7 Å². The number of allylic oxidation sites excluding steroid dienone is 1. The number of carboxylic acids is 2. The van der Waals surface area contributed by atoms with Crippen LogP contribution in [0, 0.1) is 56.7 Å². The van der Waals surface area contributed by atoms with Crippen LogP contribution in [0.2, 0.25) is 0 Å². The molecule has 0 bridgehead atoms. The fourth-order valence-electron chi connectivity index (χ4n) is 14.0. The van der Waals surface area contributed by atoms with E-state index in [2.05, 4.69) is 47.6 Å². The molecule has 0 amide bonds. The molecule has 7 aliphatic rings. The lowest BCUT2D eigenvalue weighted by atomic mass is 9.33. The van der Waals surface area contributed by atoms with Crippen molar-refractivity contribution >= 4 is 11.9 Å². The molecule has 2 aliphatic heterocycles. The van der Waals surface area contributed by atoms with Crippen LogP contribution < -0.4 is 0 Å². The predicted molar refractivity (Wildman–Crippen MR) is 198 cm³/mol. The van der Waals surface area contributed by atoms with Crippen LogP contribution in [-0.4, -0.2) is 127 Å². The van der Waals surface area contributed by atoms with Gasteiger partial charge >= 0.3 is 11.9 Å². The third-order valence-corrected chi connectivity index (χ3v) is 17.4. The van der Waals surface area contributed by atoms with E-state index in [0.717, 1.165) is 24.8 Å². The number of rotatable bonds is 7. The van der Waals surface area contributed by atoms with Crippen molar-refractivity contribution in [3.8, 4) is 0 Å². The first-order valence-corrected chi connectivity index (χ1v) is 20.9. The standard InChI is InChI=1S/C42H66O14/c1-19-10-15-41(36(49)50)16-17-42(37(51)52)22(27(41)20(19)2)8-9-25-39(6)13-12-26(38(4,5)24(39)11-14-40(25,42)7)55-35-32(48)33(28(44)21(3)53-35)56-34-31(47)30(46)29(45)23(18-43)54-34/h8,19-21,23-35,43-48H,9-18H2,1-7H3,(H,49,50)(H,51,52)/t19-,20+,21-,23-,24+,25?,26+,27?,28+,29-,30-,31-,32-,33+,34+,35+,39+,40-,41+,42-/m1/s1. The second kappa shape index (κ2) is 14.5. The highest BCUT2D eigenvalue weighted by Gasteiger charge is 2.73. The van der Waals surface area contributed by atoms with Crippen LogP contribution in [0.15, 0.2) is 11.6 Å². The highest BCUT2D eigenvalue weighted by Crippen LogP contribution is 2.76. The molecule has 0 radical (unpaired) electrons. The number of carboxylic acid groups (broad SMARTS) is 2. The molecule has 0 aromatic carbocycles. The van der Waals surface area contributed by atoms with Gasteiger partial charge in [-0.25, -0.2) is 0 Å². The minimum Gasteiger partial charge on any atom is -0.481 e. The van der Waals surface area contributed by atoms with Crippen molar-refractivity contribution in [1.29, 1.82) is 0 Å². The van der Waals surface area contributed by atoms with Gasteiger partial charge < -0.3 is 59.8 Å². The van der Waals surface area contributed by atoms with Crippen LogP contribution in [0.4, 0.5) is 0 Å². The summed E-state index contributed by atoms with van der Waals surface area (Å²) in [4.78, 5) is 27.1. The Hall–Kier alpha value is -1.72. The average Bonchev–Trinajstić information content (AvgIpc) is 3.14. The summed E-state index contributed by atoms with van der Waals surface area (Å²) < 4.78 is 24.1. The van der Waals surface area contributed by atoms with Crippen LogP contribution in [0.5, 0.6) is 0 Å². The van der Waals surface area contributed by atoms with E-state index in [1.807, 2.05) is 0 Å². The van der Waals surface area contributed by atoms with E-state index < -0.39 is 108 Å². The molecule has 318 valence electrons. The summed E-state index contributed by atoms with van der Waals surface area (Å²) in [6.45, 7) is 14.0. The molecule has 56 heavy (non-hydrogen) atoms. The third kappa shape index (κ3) is 5.85. The summed E-state index contributed by atoms with van der Waals surface area (Å²) in [7, 11) is 0. The second-order valence-electron chi connectivity index (χ2n) is 20.0. The predicted octanol–water partition coefficient (Wildman–Crippen LogP) is 2.83. The smallest absolute Gasteiger partial charge is 0.314 e. The van der Waals surface area contributed by atoms with Gasteiger partial charge in [0.25, 0.3) is 0 Å². The Labute approximate surface area is 329 Å². The first-order chi connectivity index (χ1) is 26.1. The minimum atomic E-state index is -1.73. The molecule has 20 atom stereocenters. The zero-order chi connectivity index (χ0) is 41.1. The highest BCUT2D eigenvalue weighted by atomic mass is 16.7. The summed E-state index contributed by atoms with van der Waals surface area (Å²) in [6.07, 6.45) is -7.03. The van der Waals surface area contributed by atoms with Crippen LogP contribution >= 0.6 is 0 Å². The van der Waals surface area contributed by atoms with E-state index in [-0.39, 0.29) is 29.1 Å². The van der Waals surface area contributed by atoms with Crippen molar-refractivity contribution in [1.82, 2.24) is 0 Å². The number of ether oxygens (including phenoxy) is 4. The molecule has 0 aromatic heterocycles. The topological polar surface area (TPSA) is 233 Å². The first kappa shape index (κ1) is 42.4. The molecular formula is C42H66O14. The number of aliphatic hydroxyl groups is 6. The second-order valence-corrected chi connectivity index (χ2v) is 20.0. The highest BCUT2D eigenvalue weighted by molar-refractivity contribution is 5.84. The van der Waals surface area contributed by atoms with E-state index in [1.54, 1.807) is 6.92 Å². The van der Waals surface area contributed by atoms with Gasteiger partial charge in [-0.3, -0.25) is 9.59 Å². The van der Waals surface area contributed by atoms with Gasteiger partial charge in [0.05, 0.1) is 29.6 Å². The van der Waals surface area contributed by atoms with Crippen molar-refractivity contribution in [2.75, 3.05) is 6.61 Å². The fraction of sp³-hybridized carbons (Fsp3) is 0.905. The molecule has 2 unspecified atom stereocenters. The monoisotopic (exact) mass is 794 g/mol. The maximum atomic E-state index is 14.0. The SMILES string of the molecule is C[C@@H]1CC[C@]2(C(=O)O)CC[C@]3(C(=O)O)C(=CCC4[C@@]5(C)CC[C@H](O[C@@H]6O[C@H](C)[C@H](O)[C@H](O[C@@H]7O[C@H](CO)[C@@H](O)[C@@H](O)[C@H]7O)[C@H]6O)C(C)(C)[C@@H]5CC[C@]43C)C2[C@H]1C. The molecule has 8 N–H and O–H groups in total. The quantitative estimate of drug-likeness (QED) is 0.137. The first-order valence-electron chi connectivity index (χ1n) is 20.9. The number of carbonyl (C=O) groups is 2. The van der Waals surface area contributed by atoms with Gasteiger partial charge in [0.2, 0.25) is 0 Å². The number of fused-ring (bicyclic) bond motifs is 7. The zero-order valence-electron chi connectivity index (χ0n) is 33.9. The number of hydrogen-bond donors (Lipinski definition) is 8. The molecule has 4 saturated carbocycles. The fourth-order valence-corrected chi connectivity index (χ4v) is 14.0. The Kier molecular flexibility index (Phi) is 11.0. The lowest BCUT2D eigenvalue weighted by Gasteiger charge is -2.70. The van der Waals surface area contributed by atoms with E-state index in [9.17, 15) is 50.4 Å². The number of hydrogen-bond acceptors (Lipinski definition) is 12. The molecule has 2 saturated heterocycles. The maximum absolute atomic E-state index is 14.0. The Bertz CT molecular complexity index is 1550. The lowest BCUT2D eigenvalue weighted by Crippen LogP contribution is -2.68. The Morgan fingerprint density at radius 3 is 2.07 bits per heavy atom. The van der Waals surface area contributed by atoms with Gasteiger partial charge in [0, 0.05) is 0 Å². The Morgan fingerprint density at radius 2 is 1.43 bits per heavy atom. The number of aliphatic hydroxyl groups excluding tert-OH is 6. The Balaban J connectivity index is 1.14. The molecule has 6 fully saturated rings. The van der Waals surface area contributed by atoms with E-state index >= 15 is 0 Å². The van der Waals surface area contributed by atoms with Crippen LogP contribution in [0.25, 0.3) is 0 Å². The largest absolute Gasteiger partial charge is 0.481 e. The van der Waals surface area contributed by atoms with Crippen LogP contribution in [0.3, 0.4) is 0 Å². The molecule has 14 heteroatoms. The van der Waals surface area contributed by atoms with E-state index in [0.29, 0.717) is 44.4 Å². The normalized spacial score (nSPS) is 54.1. The average molecular weight is 795 g/mol. The van der Waals surface area contributed by atoms with Crippen molar-refractivity contribution in [3.63, 3.8) is 0 Å². The summed E-state index contributed by atoms with van der Waals surface area (Å²) >= 11 is 0. The molecule has 7 rings (SSSR count). The van der Waals surface area contributed by atoms with Gasteiger partial charge in [-0.05, 0) is 111 Å². The number of aliphatic carboxylic acids is 2. The maximum Gasteiger partial charge on any atom is 0.314 e. The summed E-state index contributed by atoms with van der Waals surface area (Å²) in [5.74, 6) is -1.49. The summed E-state index contributed by atoms with van der Waals surface area (Å²) in [5.41, 5.74) is -2.61. The van der Waals surface area contributed by atoms with Gasteiger partial charge in [0.15, 0.2) is 12.6 Å². The molecule has 0 spiro atoms. The molecule has 2 heterocycles. The molecule has 5 aliphatic carbocycles. The molecule has 0 aromatic rings. The van der Waals surface area contributed by atoms with Crippen molar-refractivity contribution in [2.45, 2.75) is 174 Å². The van der Waals surface area contributed by atoms with Crippen molar-refractivity contribution in [3.05, 3.63) is 11.6 Å². The van der Waals surface area contributed by atoms with Crippen molar-refractivity contribution < 1.29 is 69.4 Å². The Morgan fingerprint density at radius 1 is 0.750 bits per heavy atom. The lowest BCUT2D eigenvalue weighted by molar-refractivity contribution is -0.366. The molecule has 14 nitrogen and oxygen atoms in total. The summed E-state index contributed by atoms with van der Waals surface area (Å²) in [5, 5.41) is 85.6. The van der Waals surface area contributed by atoms with E-state index in [4.69, 9.17) is 18.9 Å². The van der Waals surface area contributed by atoms with Gasteiger partial charge in [-0.2, -0.15) is 0 Å². The van der Waals surface area contributed by atoms with Crippen LogP contribution in [0.1, 0.15) is 106 Å². The van der Waals surface area contributed by atoms with E-state index in [1.165, 1.54) is 0 Å². The summed E-state index contributed by atoms with van der Waals surface area (Å²) in [6, 6.07) is 0. The molecular weight excluding hydrogens is 728 g/mol. The van der Waals surface area contributed by atoms with Crippen LogP contribution in [-0.2, 0) is 28.5 Å². The van der Waals surface area contributed by atoms with Gasteiger partial charge in [-0.15, -0.1) is 0 Å². The van der Waals surface area contributed by atoms with Gasteiger partial charge in [-0.1, -0.05) is 53.2 Å².